The summed E-state index contributed by atoms with van der Waals surface area (Å²) in [5.74, 6) is -1.98. The summed E-state index contributed by atoms with van der Waals surface area (Å²) in [6, 6.07) is 3.95. The molecule has 1 fully saturated rings. The quantitative estimate of drug-likeness (QED) is 0.935. The average Bonchev–Trinajstić information content (AvgIpc) is 3.02. The van der Waals surface area contributed by atoms with Gasteiger partial charge in [-0.15, -0.1) is 0 Å². The van der Waals surface area contributed by atoms with Gasteiger partial charge in [-0.05, 0) is 36.5 Å². The van der Waals surface area contributed by atoms with Crippen molar-refractivity contribution in [2.75, 3.05) is 13.1 Å². The lowest BCUT2D eigenvalue weighted by Gasteiger charge is -2.33. The fourth-order valence-corrected chi connectivity index (χ4v) is 3.10. The SMILES string of the molecule is Cn1cc([C@H](O)C(=O)N2CCC(c3ccc(F)c(F)c3)CC2)cn1. The normalized spacial score (nSPS) is 17.1. The predicted octanol–water partition coefficient (Wildman–Crippen LogP) is 2.14. The van der Waals surface area contributed by atoms with E-state index < -0.39 is 17.7 Å². The number of likely N-dealkylation sites (tertiary alicyclic amines) is 1. The van der Waals surface area contributed by atoms with Crippen molar-refractivity contribution in [3.8, 4) is 0 Å². The molecule has 0 aliphatic carbocycles. The largest absolute Gasteiger partial charge is 0.378 e. The van der Waals surface area contributed by atoms with Crippen molar-refractivity contribution in [2.45, 2.75) is 24.9 Å². The third-order valence-electron chi connectivity index (χ3n) is 4.50. The predicted molar refractivity (Wildman–Crippen MR) is 83.1 cm³/mol. The number of aliphatic hydroxyl groups is 1. The molecule has 0 saturated carbocycles. The molecule has 1 N–H and O–H groups in total. The minimum absolute atomic E-state index is 0.0830. The lowest BCUT2D eigenvalue weighted by Crippen LogP contribution is -2.40. The monoisotopic (exact) mass is 335 g/mol. The number of aromatic nitrogens is 2. The highest BCUT2D eigenvalue weighted by atomic mass is 19.2. The highest BCUT2D eigenvalue weighted by Crippen LogP contribution is 2.30. The molecule has 128 valence electrons. The van der Waals surface area contributed by atoms with Crippen LogP contribution in [0.3, 0.4) is 0 Å². The van der Waals surface area contributed by atoms with Gasteiger partial charge in [-0.2, -0.15) is 5.10 Å². The second kappa shape index (κ2) is 6.68. The number of halogens is 2. The van der Waals surface area contributed by atoms with Crippen LogP contribution in [0.5, 0.6) is 0 Å². The van der Waals surface area contributed by atoms with E-state index in [0.29, 0.717) is 31.5 Å². The molecule has 0 spiro atoms. The Morgan fingerprint density at radius 3 is 2.58 bits per heavy atom. The molecular weight excluding hydrogens is 316 g/mol. The maximum atomic E-state index is 13.4. The van der Waals surface area contributed by atoms with Crippen molar-refractivity contribution < 1.29 is 18.7 Å². The summed E-state index contributed by atoms with van der Waals surface area (Å²) in [6.45, 7) is 0.944. The lowest BCUT2D eigenvalue weighted by atomic mass is 9.89. The molecule has 0 radical (unpaired) electrons. The maximum Gasteiger partial charge on any atom is 0.256 e. The summed E-state index contributed by atoms with van der Waals surface area (Å²) >= 11 is 0. The Morgan fingerprint density at radius 2 is 2.00 bits per heavy atom. The summed E-state index contributed by atoms with van der Waals surface area (Å²) in [5, 5.41) is 14.1. The van der Waals surface area contributed by atoms with Crippen LogP contribution in [0.1, 0.15) is 36.0 Å². The number of nitrogens with zero attached hydrogens (tertiary/aromatic N) is 3. The van der Waals surface area contributed by atoms with E-state index in [0.717, 1.165) is 11.6 Å². The van der Waals surface area contributed by atoms with Gasteiger partial charge in [0.2, 0.25) is 0 Å². The number of carbonyl (C=O) groups is 1. The second-order valence-electron chi connectivity index (χ2n) is 6.12. The molecule has 0 unspecified atom stereocenters. The van der Waals surface area contributed by atoms with Crippen LogP contribution in [-0.2, 0) is 11.8 Å². The van der Waals surface area contributed by atoms with Crippen molar-refractivity contribution in [3.05, 3.63) is 53.4 Å². The molecule has 0 bridgehead atoms. The molecule has 5 nitrogen and oxygen atoms in total. The minimum atomic E-state index is -1.22. The van der Waals surface area contributed by atoms with E-state index in [1.807, 2.05) is 0 Å². The number of amides is 1. The second-order valence-corrected chi connectivity index (χ2v) is 6.12. The van der Waals surface area contributed by atoms with E-state index in [9.17, 15) is 18.7 Å². The van der Waals surface area contributed by atoms with Gasteiger partial charge in [0.05, 0.1) is 6.20 Å². The van der Waals surface area contributed by atoms with Crippen LogP contribution in [0.15, 0.2) is 30.6 Å². The first-order valence-electron chi connectivity index (χ1n) is 7.86. The van der Waals surface area contributed by atoms with Gasteiger partial charge in [-0.3, -0.25) is 9.48 Å². The lowest BCUT2D eigenvalue weighted by molar-refractivity contribution is -0.141. The molecule has 2 heterocycles. The fraction of sp³-hybridized carbons (Fsp3) is 0.412. The van der Waals surface area contributed by atoms with Crippen LogP contribution in [0, 0.1) is 11.6 Å². The number of hydrogen-bond donors (Lipinski definition) is 1. The molecule has 1 amide bonds. The van der Waals surface area contributed by atoms with Crippen LogP contribution < -0.4 is 0 Å². The van der Waals surface area contributed by atoms with Gasteiger partial charge in [-0.25, -0.2) is 8.78 Å². The number of piperidine rings is 1. The zero-order valence-electron chi connectivity index (χ0n) is 13.3. The molecule has 3 rings (SSSR count). The first-order valence-corrected chi connectivity index (χ1v) is 7.86. The van der Waals surface area contributed by atoms with Crippen LogP contribution in [-0.4, -0.2) is 38.8 Å². The standard InChI is InChI=1S/C17H19F2N3O2/c1-21-10-13(9-20-21)16(23)17(24)22-6-4-11(5-7-22)12-2-3-14(18)15(19)8-12/h2-3,8-11,16,23H,4-7H2,1H3/t16-/m0/s1. The Balaban J connectivity index is 1.62. The Hall–Kier alpha value is -2.28. The molecule has 1 aromatic carbocycles. The van der Waals surface area contributed by atoms with Crippen LogP contribution >= 0.6 is 0 Å². The van der Waals surface area contributed by atoms with Crippen LogP contribution in [0.4, 0.5) is 8.78 Å². The minimum Gasteiger partial charge on any atom is -0.378 e. The Kier molecular flexibility index (Phi) is 4.62. The molecular formula is C17H19F2N3O2. The molecule has 7 heteroatoms. The Morgan fingerprint density at radius 1 is 1.29 bits per heavy atom. The third kappa shape index (κ3) is 3.31. The zero-order valence-corrected chi connectivity index (χ0v) is 13.3. The first kappa shape index (κ1) is 16.6. The Labute approximate surface area is 138 Å². The smallest absolute Gasteiger partial charge is 0.256 e. The zero-order chi connectivity index (χ0) is 17.3. The summed E-state index contributed by atoms with van der Waals surface area (Å²) in [4.78, 5) is 14.0. The van der Waals surface area contributed by atoms with Gasteiger partial charge < -0.3 is 10.0 Å². The van der Waals surface area contributed by atoms with Crippen molar-refractivity contribution in [1.82, 2.24) is 14.7 Å². The molecule has 1 atom stereocenters. The van der Waals surface area contributed by atoms with Gasteiger partial charge in [0.15, 0.2) is 17.7 Å². The van der Waals surface area contributed by atoms with Crippen molar-refractivity contribution in [2.24, 2.45) is 7.05 Å². The third-order valence-corrected chi connectivity index (χ3v) is 4.50. The summed E-state index contributed by atoms with van der Waals surface area (Å²) in [6.07, 6.45) is 3.15. The van der Waals surface area contributed by atoms with Crippen molar-refractivity contribution in [3.63, 3.8) is 0 Å². The summed E-state index contributed by atoms with van der Waals surface area (Å²) < 4.78 is 27.9. The van der Waals surface area contributed by atoms with Gasteiger partial charge in [0.1, 0.15) is 0 Å². The highest BCUT2D eigenvalue weighted by molar-refractivity contribution is 5.82. The van der Waals surface area contributed by atoms with E-state index in [4.69, 9.17) is 0 Å². The molecule has 1 aliphatic heterocycles. The topological polar surface area (TPSA) is 58.4 Å². The molecule has 2 aromatic rings. The number of carbonyl (C=O) groups excluding carboxylic acids is 1. The average molecular weight is 335 g/mol. The molecule has 24 heavy (non-hydrogen) atoms. The van der Waals surface area contributed by atoms with E-state index in [1.165, 1.54) is 16.9 Å². The number of aryl methyl sites for hydroxylation is 1. The van der Waals surface area contributed by atoms with E-state index >= 15 is 0 Å². The van der Waals surface area contributed by atoms with E-state index in [1.54, 1.807) is 24.2 Å². The van der Waals surface area contributed by atoms with Gasteiger partial charge in [0, 0.05) is 31.9 Å². The summed E-state index contributed by atoms with van der Waals surface area (Å²) in [5.41, 5.74) is 1.21. The number of rotatable bonds is 3. The molecule has 1 aliphatic rings. The maximum absolute atomic E-state index is 13.4. The molecule has 1 saturated heterocycles. The fourth-order valence-electron chi connectivity index (χ4n) is 3.10. The van der Waals surface area contributed by atoms with Gasteiger partial charge >= 0.3 is 0 Å². The highest BCUT2D eigenvalue weighted by Gasteiger charge is 2.29. The van der Waals surface area contributed by atoms with Crippen LogP contribution in [0.2, 0.25) is 0 Å². The number of aliphatic hydroxyl groups excluding tert-OH is 1. The molecule has 1 aromatic heterocycles. The van der Waals surface area contributed by atoms with Gasteiger partial charge in [0.25, 0.3) is 5.91 Å². The van der Waals surface area contributed by atoms with Crippen molar-refractivity contribution in [1.29, 1.82) is 0 Å². The van der Waals surface area contributed by atoms with Crippen LogP contribution in [0.25, 0.3) is 0 Å². The first-order chi connectivity index (χ1) is 11.5. The van der Waals surface area contributed by atoms with E-state index in [-0.39, 0.29) is 11.8 Å². The Bertz CT molecular complexity index is 739. The van der Waals surface area contributed by atoms with Crippen molar-refractivity contribution >= 4 is 5.91 Å². The summed E-state index contributed by atoms with van der Waals surface area (Å²) in [7, 11) is 1.72. The van der Waals surface area contributed by atoms with E-state index in [2.05, 4.69) is 5.10 Å². The van der Waals surface area contributed by atoms with Gasteiger partial charge in [-0.1, -0.05) is 6.07 Å². The number of benzene rings is 1. The number of hydrogen-bond acceptors (Lipinski definition) is 3.